The molecule has 3 rings (SSSR count). The first-order valence-electron chi connectivity index (χ1n) is 9.13. The molecule has 1 atom stereocenters. The van der Waals surface area contributed by atoms with E-state index in [1.165, 1.54) is 6.92 Å². The summed E-state index contributed by atoms with van der Waals surface area (Å²) in [5.41, 5.74) is 11.4. The minimum atomic E-state index is -3.62. The maximum absolute atomic E-state index is 11.5. The SMILES string of the molecule is CC(=O)NN=C(c1ccc(N)cc1)c1cc2c(cc1C[C@H](C)OS(C)(=O)=O)OCO2. The van der Waals surface area contributed by atoms with Crippen LogP contribution < -0.4 is 20.6 Å². The van der Waals surface area contributed by atoms with Crippen LogP contribution in [0.3, 0.4) is 0 Å². The highest BCUT2D eigenvalue weighted by Crippen LogP contribution is 2.36. The van der Waals surface area contributed by atoms with Gasteiger partial charge in [-0.3, -0.25) is 8.98 Å². The number of hydrazone groups is 1. The number of nitrogens with zero attached hydrogens (tertiary/aromatic N) is 1. The molecule has 0 saturated carbocycles. The van der Waals surface area contributed by atoms with Crippen LogP contribution in [0.1, 0.15) is 30.5 Å². The number of rotatable bonds is 7. The average Bonchev–Trinajstić information content (AvgIpc) is 3.08. The summed E-state index contributed by atoms with van der Waals surface area (Å²) in [6.45, 7) is 3.09. The fourth-order valence-corrected chi connectivity index (χ4v) is 3.74. The Morgan fingerprint density at radius 3 is 2.47 bits per heavy atom. The van der Waals surface area contributed by atoms with E-state index in [0.717, 1.165) is 11.8 Å². The number of hydrogen-bond acceptors (Lipinski definition) is 8. The van der Waals surface area contributed by atoms with Crippen molar-refractivity contribution in [2.75, 3.05) is 18.8 Å². The smallest absolute Gasteiger partial charge is 0.264 e. The molecular weight excluding hydrogens is 410 g/mol. The first-order valence-corrected chi connectivity index (χ1v) is 11.0. The predicted octanol–water partition coefficient (Wildman–Crippen LogP) is 1.79. The third-order valence-electron chi connectivity index (χ3n) is 4.21. The monoisotopic (exact) mass is 433 g/mol. The molecule has 1 heterocycles. The molecule has 0 bridgehead atoms. The lowest BCUT2D eigenvalue weighted by molar-refractivity contribution is -0.118. The zero-order valence-corrected chi connectivity index (χ0v) is 17.7. The number of carbonyl (C=O) groups is 1. The highest BCUT2D eigenvalue weighted by Gasteiger charge is 2.23. The van der Waals surface area contributed by atoms with Gasteiger partial charge in [0.1, 0.15) is 0 Å². The van der Waals surface area contributed by atoms with Crippen molar-refractivity contribution in [2.45, 2.75) is 26.4 Å². The molecule has 9 nitrogen and oxygen atoms in total. The Kier molecular flexibility index (Phi) is 6.28. The topological polar surface area (TPSA) is 129 Å². The molecule has 10 heteroatoms. The van der Waals surface area contributed by atoms with Gasteiger partial charge in [-0.15, -0.1) is 0 Å². The van der Waals surface area contributed by atoms with Crippen LogP contribution in [0.2, 0.25) is 0 Å². The molecule has 1 amide bonds. The number of benzene rings is 2. The van der Waals surface area contributed by atoms with Crippen molar-refractivity contribution in [3.8, 4) is 11.5 Å². The summed E-state index contributed by atoms with van der Waals surface area (Å²) in [6, 6.07) is 10.5. The number of carbonyl (C=O) groups excluding carboxylic acids is 1. The minimum Gasteiger partial charge on any atom is -0.454 e. The fraction of sp³-hybridized carbons (Fsp3) is 0.300. The molecule has 0 fully saturated rings. The van der Waals surface area contributed by atoms with E-state index in [2.05, 4.69) is 10.5 Å². The lowest BCUT2D eigenvalue weighted by Crippen LogP contribution is -2.21. The molecule has 2 aromatic carbocycles. The van der Waals surface area contributed by atoms with E-state index >= 15 is 0 Å². The molecule has 0 aromatic heterocycles. The Morgan fingerprint density at radius 1 is 1.23 bits per heavy atom. The van der Waals surface area contributed by atoms with E-state index in [9.17, 15) is 13.2 Å². The molecule has 0 radical (unpaired) electrons. The van der Waals surface area contributed by atoms with Crippen LogP contribution in [0.15, 0.2) is 41.5 Å². The quantitative estimate of drug-likeness (QED) is 0.295. The highest BCUT2D eigenvalue weighted by atomic mass is 32.2. The molecule has 0 unspecified atom stereocenters. The van der Waals surface area contributed by atoms with Gasteiger partial charge in [-0.2, -0.15) is 13.5 Å². The molecule has 0 aliphatic carbocycles. The lowest BCUT2D eigenvalue weighted by atomic mass is 9.94. The van der Waals surface area contributed by atoms with Gasteiger partial charge in [-0.25, -0.2) is 5.43 Å². The Hall–Kier alpha value is -3.11. The highest BCUT2D eigenvalue weighted by molar-refractivity contribution is 7.86. The van der Waals surface area contributed by atoms with Gasteiger partial charge in [0.05, 0.1) is 18.1 Å². The van der Waals surface area contributed by atoms with E-state index in [1.807, 2.05) is 0 Å². The summed E-state index contributed by atoms with van der Waals surface area (Å²) in [6.07, 6.45) is 0.627. The molecule has 160 valence electrons. The second-order valence-electron chi connectivity index (χ2n) is 6.93. The molecule has 1 aliphatic rings. The van der Waals surface area contributed by atoms with E-state index in [-0.39, 0.29) is 19.1 Å². The molecule has 30 heavy (non-hydrogen) atoms. The van der Waals surface area contributed by atoms with E-state index in [0.29, 0.717) is 34.0 Å². The van der Waals surface area contributed by atoms with Gasteiger partial charge in [0.25, 0.3) is 10.1 Å². The van der Waals surface area contributed by atoms with Crippen LogP contribution in [0, 0.1) is 0 Å². The van der Waals surface area contributed by atoms with Gasteiger partial charge >= 0.3 is 0 Å². The first-order chi connectivity index (χ1) is 14.1. The van der Waals surface area contributed by atoms with Crippen LogP contribution in [0.25, 0.3) is 0 Å². The molecule has 3 N–H and O–H groups in total. The van der Waals surface area contributed by atoms with Gasteiger partial charge < -0.3 is 15.2 Å². The number of amides is 1. The van der Waals surface area contributed by atoms with Gasteiger partial charge in [-0.05, 0) is 36.8 Å². The first kappa shape index (κ1) is 21.6. The second kappa shape index (κ2) is 8.72. The van der Waals surface area contributed by atoms with Crippen molar-refractivity contribution < 1.29 is 26.9 Å². The number of ether oxygens (including phenoxy) is 2. The molecule has 0 spiro atoms. The zero-order chi connectivity index (χ0) is 21.9. The summed E-state index contributed by atoms with van der Waals surface area (Å²) in [7, 11) is -3.62. The molecule has 0 saturated heterocycles. The Bertz CT molecular complexity index is 1080. The van der Waals surface area contributed by atoms with Crippen molar-refractivity contribution in [2.24, 2.45) is 5.10 Å². The predicted molar refractivity (Wildman–Crippen MR) is 112 cm³/mol. The van der Waals surface area contributed by atoms with E-state index in [1.54, 1.807) is 43.3 Å². The van der Waals surface area contributed by atoms with Crippen molar-refractivity contribution in [1.29, 1.82) is 0 Å². The van der Waals surface area contributed by atoms with Crippen LogP contribution in [-0.2, 0) is 25.5 Å². The van der Waals surface area contributed by atoms with E-state index in [4.69, 9.17) is 19.4 Å². The van der Waals surface area contributed by atoms with Gasteiger partial charge in [0.15, 0.2) is 11.5 Å². The summed E-state index contributed by atoms with van der Waals surface area (Å²) in [5, 5.41) is 4.28. The van der Waals surface area contributed by atoms with Crippen molar-refractivity contribution in [3.63, 3.8) is 0 Å². The third kappa shape index (κ3) is 5.49. The van der Waals surface area contributed by atoms with Crippen molar-refractivity contribution in [3.05, 3.63) is 53.1 Å². The number of anilines is 1. The van der Waals surface area contributed by atoms with Crippen LogP contribution >= 0.6 is 0 Å². The number of fused-ring (bicyclic) bond motifs is 1. The Morgan fingerprint density at radius 2 is 1.87 bits per heavy atom. The number of nitrogens with one attached hydrogen (secondary N) is 1. The van der Waals surface area contributed by atoms with Crippen LogP contribution in [0.5, 0.6) is 11.5 Å². The summed E-state index contributed by atoms with van der Waals surface area (Å²) < 4.78 is 39.1. The maximum Gasteiger partial charge on any atom is 0.264 e. The standard InChI is InChI=1S/C20H23N3O6S/c1-12(29-30(3,25)26)8-15-9-18-19(28-11-27-18)10-17(15)20(23-22-13(2)24)14-4-6-16(21)7-5-14/h4-7,9-10,12H,8,11,21H2,1-3H3,(H,22,24)/t12-/m0/s1. The molecule has 1 aliphatic heterocycles. The molecular formula is C20H23N3O6S. The number of hydrogen-bond donors (Lipinski definition) is 2. The lowest BCUT2D eigenvalue weighted by Gasteiger charge is -2.17. The number of nitrogen functional groups attached to an aromatic ring is 1. The van der Waals surface area contributed by atoms with Gasteiger partial charge in [0.2, 0.25) is 12.7 Å². The van der Waals surface area contributed by atoms with Crippen LogP contribution in [0.4, 0.5) is 5.69 Å². The minimum absolute atomic E-state index is 0.0770. The maximum atomic E-state index is 11.5. The summed E-state index contributed by atoms with van der Waals surface area (Å²) in [4.78, 5) is 11.5. The van der Waals surface area contributed by atoms with Crippen molar-refractivity contribution >= 4 is 27.4 Å². The normalized spacial score (nSPS) is 14.4. The van der Waals surface area contributed by atoms with Gasteiger partial charge in [-0.1, -0.05) is 12.1 Å². The average molecular weight is 433 g/mol. The number of nitrogens with two attached hydrogens (primary N) is 1. The zero-order valence-electron chi connectivity index (χ0n) is 16.8. The largest absolute Gasteiger partial charge is 0.454 e. The Balaban J connectivity index is 2.10. The third-order valence-corrected chi connectivity index (χ3v) is 4.89. The van der Waals surface area contributed by atoms with E-state index < -0.39 is 16.2 Å². The van der Waals surface area contributed by atoms with Crippen molar-refractivity contribution in [1.82, 2.24) is 5.43 Å². The summed E-state index contributed by atoms with van der Waals surface area (Å²) in [5.74, 6) is 0.729. The molecule has 2 aromatic rings. The summed E-state index contributed by atoms with van der Waals surface area (Å²) >= 11 is 0. The second-order valence-corrected chi connectivity index (χ2v) is 8.53. The fourth-order valence-electron chi connectivity index (χ4n) is 3.07. The van der Waals surface area contributed by atoms with Crippen LogP contribution in [-0.4, -0.2) is 39.2 Å². The Labute approximate surface area is 174 Å². The van der Waals surface area contributed by atoms with Gasteiger partial charge in [0, 0.05) is 30.2 Å².